The van der Waals surface area contributed by atoms with Gasteiger partial charge in [0, 0.05) is 24.8 Å². The lowest BCUT2D eigenvalue weighted by atomic mass is 10.1. The van der Waals surface area contributed by atoms with Crippen LogP contribution in [-0.4, -0.2) is 31.7 Å². The number of carbonyl (C=O) groups excluding carboxylic acids is 3. The van der Waals surface area contributed by atoms with Gasteiger partial charge in [0.25, 0.3) is 5.91 Å². The second kappa shape index (κ2) is 6.50. The molecule has 0 unspecified atom stereocenters. The van der Waals surface area contributed by atoms with E-state index in [1.165, 1.54) is 12.1 Å². The first-order valence-electron chi connectivity index (χ1n) is 6.92. The maximum absolute atomic E-state index is 12.1. The molecule has 0 heterocycles. The average Bonchev–Trinajstić information content (AvgIpc) is 3.25. The average molecular weight is 375 g/mol. The van der Waals surface area contributed by atoms with Gasteiger partial charge in [-0.1, -0.05) is 11.6 Å². The fourth-order valence-corrected chi connectivity index (χ4v) is 3.11. The van der Waals surface area contributed by atoms with Crippen molar-refractivity contribution in [2.45, 2.75) is 36.2 Å². The summed E-state index contributed by atoms with van der Waals surface area (Å²) in [5.74, 6) is -1.92. The van der Waals surface area contributed by atoms with Crippen LogP contribution < -0.4 is 10.9 Å². The molecule has 130 valence electrons. The number of sulfonamides is 1. The van der Waals surface area contributed by atoms with Crippen LogP contribution >= 0.6 is 11.6 Å². The maximum atomic E-state index is 12.1. The summed E-state index contributed by atoms with van der Waals surface area (Å²) in [5, 5.41) is 4.91. The maximum Gasteiger partial charge on any atom is 0.307 e. The molecule has 0 atom stereocenters. The van der Waals surface area contributed by atoms with Gasteiger partial charge in [0.15, 0.2) is 11.4 Å². The molecule has 1 amide bonds. The molecule has 0 spiro atoms. The lowest BCUT2D eigenvalue weighted by Crippen LogP contribution is -2.35. The van der Waals surface area contributed by atoms with Crippen LogP contribution in [0.2, 0.25) is 5.02 Å². The van der Waals surface area contributed by atoms with E-state index in [1.807, 2.05) is 0 Å². The Morgan fingerprint density at radius 2 is 1.83 bits per heavy atom. The molecule has 0 saturated heterocycles. The van der Waals surface area contributed by atoms with Crippen LogP contribution in [0.4, 0.5) is 0 Å². The van der Waals surface area contributed by atoms with E-state index in [-0.39, 0.29) is 28.3 Å². The fraction of sp³-hybridized carbons (Fsp3) is 0.357. The van der Waals surface area contributed by atoms with E-state index in [2.05, 4.69) is 0 Å². The largest absolute Gasteiger partial charge is 0.449 e. The molecule has 4 N–H and O–H groups in total. The number of benzene rings is 1. The molecule has 0 aromatic heterocycles. The fourth-order valence-electron chi connectivity index (χ4n) is 2.04. The zero-order valence-corrected chi connectivity index (χ0v) is 14.0. The first kappa shape index (κ1) is 18.4. The van der Waals surface area contributed by atoms with Crippen LogP contribution in [-0.2, 0) is 24.3 Å². The molecule has 0 bridgehead atoms. The Morgan fingerprint density at radius 1 is 1.21 bits per heavy atom. The van der Waals surface area contributed by atoms with Crippen LogP contribution in [0.5, 0.6) is 0 Å². The zero-order valence-electron chi connectivity index (χ0n) is 12.5. The number of primary sulfonamides is 1. The van der Waals surface area contributed by atoms with E-state index in [4.69, 9.17) is 27.2 Å². The Morgan fingerprint density at radius 3 is 2.33 bits per heavy atom. The van der Waals surface area contributed by atoms with Crippen LogP contribution in [0.1, 0.15) is 36.0 Å². The molecule has 1 aliphatic carbocycles. The number of primary amides is 1. The SMILES string of the molecule is NC(=O)C1(OC(=O)CCC(=O)c2ccc(Cl)c(S(N)(=O)=O)c2)CC1. The summed E-state index contributed by atoms with van der Waals surface area (Å²) in [6.07, 6.45) is 0.258. The van der Waals surface area contributed by atoms with Gasteiger partial charge in [-0.15, -0.1) is 0 Å². The molecule has 1 saturated carbocycles. The number of Topliss-reactive ketones (excluding diaryl/α,β-unsaturated/α-hetero) is 1. The van der Waals surface area contributed by atoms with E-state index in [1.54, 1.807) is 0 Å². The molecule has 1 aromatic rings. The van der Waals surface area contributed by atoms with Crippen LogP contribution in [0.3, 0.4) is 0 Å². The Labute approximate surface area is 143 Å². The summed E-state index contributed by atoms with van der Waals surface area (Å²) < 4.78 is 27.8. The van der Waals surface area contributed by atoms with Crippen molar-refractivity contribution in [2.75, 3.05) is 0 Å². The van der Waals surface area contributed by atoms with E-state index >= 15 is 0 Å². The number of ether oxygens (including phenoxy) is 1. The highest BCUT2D eigenvalue weighted by molar-refractivity contribution is 7.89. The molecule has 0 radical (unpaired) electrons. The number of amides is 1. The lowest BCUT2D eigenvalue weighted by molar-refractivity contribution is -0.157. The van der Waals surface area contributed by atoms with Gasteiger partial charge in [-0.05, 0) is 18.2 Å². The molecular formula is C14H15ClN2O6S. The minimum absolute atomic E-state index is 0.0484. The van der Waals surface area contributed by atoms with E-state index in [0.717, 1.165) is 6.07 Å². The molecule has 10 heteroatoms. The van der Waals surface area contributed by atoms with Gasteiger partial charge in [0.2, 0.25) is 10.0 Å². The molecule has 2 rings (SSSR count). The molecule has 1 aromatic carbocycles. The van der Waals surface area contributed by atoms with Crippen molar-refractivity contribution in [2.24, 2.45) is 10.9 Å². The molecule has 0 aliphatic heterocycles. The standard InChI is InChI=1S/C14H15ClN2O6S/c15-9-2-1-8(7-11(9)24(17,21)22)10(18)3-4-12(19)23-14(5-6-14)13(16)20/h1-2,7H,3-6H2,(H2,16,20)(H2,17,21,22). The summed E-state index contributed by atoms with van der Waals surface area (Å²) in [7, 11) is -4.07. The third kappa shape index (κ3) is 4.11. The van der Waals surface area contributed by atoms with E-state index < -0.39 is 33.3 Å². The number of halogens is 1. The monoisotopic (exact) mass is 374 g/mol. The predicted octanol–water partition coefficient (Wildman–Crippen LogP) is 0.511. The quantitative estimate of drug-likeness (QED) is 0.525. The first-order chi connectivity index (χ1) is 11.0. The second-order valence-electron chi connectivity index (χ2n) is 5.45. The van der Waals surface area contributed by atoms with Crippen molar-refractivity contribution >= 4 is 39.3 Å². The number of ketones is 1. The van der Waals surface area contributed by atoms with Gasteiger partial charge in [0.05, 0.1) is 11.4 Å². The van der Waals surface area contributed by atoms with E-state index in [0.29, 0.717) is 12.8 Å². The topological polar surface area (TPSA) is 147 Å². The predicted molar refractivity (Wildman–Crippen MR) is 83.6 cm³/mol. The lowest BCUT2D eigenvalue weighted by Gasteiger charge is -2.12. The highest BCUT2D eigenvalue weighted by Crippen LogP contribution is 2.39. The molecule has 8 nitrogen and oxygen atoms in total. The Hall–Kier alpha value is -1.97. The summed E-state index contributed by atoms with van der Waals surface area (Å²) in [6, 6.07) is 3.62. The minimum Gasteiger partial charge on any atom is -0.449 e. The van der Waals surface area contributed by atoms with Crippen molar-refractivity contribution in [1.29, 1.82) is 0 Å². The molecule has 1 aliphatic rings. The van der Waals surface area contributed by atoms with Crippen molar-refractivity contribution in [3.05, 3.63) is 28.8 Å². The van der Waals surface area contributed by atoms with Gasteiger partial charge in [0.1, 0.15) is 4.90 Å². The molecule has 24 heavy (non-hydrogen) atoms. The van der Waals surface area contributed by atoms with Gasteiger partial charge < -0.3 is 10.5 Å². The van der Waals surface area contributed by atoms with Gasteiger partial charge in [-0.2, -0.15) is 0 Å². The van der Waals surface area contributed by atoms with Crippen molar-refractivity contribution in [3.63, 3.8) is 0 Å². The summed E-state index contributed by atoms with van der Waals surface area (Å²) in [6.45, 7) is 0. The Bertz CT molecular complexity index is 817. The van der Waals surface area contributed by atoms with Gasteiger partial charge in [-0.25, -0.2) is 13.6 Å². The summed E-state index contributed by atoms with van der Waals surface area (Å²) in [4.78, 5) is 34.5. The normalized spacial score (nSPS) is 15.6. The third-order valence-corrected chi connectivity index (χ3v) is 4.97. The molecule has 1 fully saturated rings. The minimum atomic E-state index is -4.07. The van der Waals surface area contributed by atoms with Gasteiger partial charge in [-0.3, -0.25) is 14.4 Å². The van der Waals surface area contributed by atoms with Gasteiger partial charge >= 0.3 is 5.97 Å². The number of hydrogen-bond donors (Lipinski definition) is 2. The highest BCUT2D eigenvalue weighted by atomic mass is 35.5. The smallest absolute Gasteiger partial charge is 0.307 e. The number of rotatable bonds is 7. The Balaban J connectivity index is 2.01. The Kier molecular flexibility index (Phi) is 4.97. The number of esters is 1. The van der Waals surface area contributed by atoms with Crippen molar-refractivity contribution in [1.82, 2.24) is 0 Å². The van der Waals surface area contributed by atoms with Crippen molar-refractivity contribution < 1.29 is 27.5 Å². The zero-order chi connectivity index (χ0) is 18.1. The van der Waals surface area contributed by atoms with Crippen LogP contribution in [0.25, 0.3) is 0 Å². The number of hydrogen-bond acceptors (Lipinski definition) is 6. The number of carbonyl (C=O) groups is 3. The second-order valence-corrected chi connectivity index (χ2v) is 7.38. The summed E-state index contributed by atoms with van der Waals surface area (Å²) in [5.41, 5.74) is 3.95. The van der Waals surface area contributed by atoms with Crippen LogP contribution in [0, 0.1) is 0 Å². The van der Waals surface area contributed by atoms with Crippen LogP contribution in [0.15, 0.2) is 23.1 Å². The highest BCUT2D eigenvalue weighted by Gasteiger charge is 2.52. The van der Waals surface area contributed by atoms with Crippen molar-refractivity contribution in [3.8, 4) is 0 Å². The number of nitrogens with two attached hydrogens (primary N) is 2. The third-order valence-electron chi connectivity index (χ3n) is 3.58. The molecular weight excluding hydrogens is 360 g/mol. The summed E-state index contributed by atoms with van der Waals surface area (Å²) >= 11 is 5.73. The first-order valence-corrected chi connectivity index (χ1v) is 8.85. The van der Waals surface area contributed by atoms with E-state index in [9.17, 15) is 22.8 Å².